The first-order chi connectivity index (χ1) is 11.6. The smallest absolute Gasteiger partial charge is 0.253 e. The largest absolute Gasteiger partial charge is 0.497 e. The number of ether oxygens (including phenoxy) is 1. The van der Waals surface area contributed by atoms with Crippen LogP contribution in [0.3, 0.4) is 0 Å². The van der Waals surface area contributed by atoms with E-state index < -0.39 is 0 Å². The van der Waals surface area contributed by atoms with Crippen molar-refractivity contribution in [3.63, 3.8) is 0 Å². The zero-order valence-electron chi connectivity index (χ0n) is 14.4. The molecule has 7 heteroatoms. The normalized spacial score (nSPS) is 10.7. The minimum atomic E-state index is -0.140. The molecule has 25 heavy (non-hydrogen) atoms. The molecule has 0 aliphatic carbocycles. The highest BCUT2D eigenvalue weighted by atomic mass is 35.5. The molecule has 6 nitrogen and oxygen atoms in total. The van der Waals surface area contributed by atoms with Crippen LogP contribution in [0.1, 0.15) is 10.4 Å². The van der Waals surface area contributed by atoms with Crippen LogP contribution in [-0.4, -0.2) is 55.1 Å². The van der Waals surface area contributed by atoms with Crippen molar-refractivity contribution < 1.29 is 9.53 Å². The number of methoxy groups -OCH3 is 1. The van der Waals surface area contributed by atoms with Crippen LogP contribution in [0.5, 0.6) is 5.75 Å². The summed E-state index contributed by atoms with van der Waals surface area (Å²) in [6.07, 6.45) is 0. The second kappa shape index (κ2) is 8.09. The lowest BCUT2D eigenvalue weighted by Gasteiger charge is -2.11. The van der Waals surface area contributed by atoms with Gasteiger partial charge < -0.3 is 15.0 Å². The summed E-state index contributed by atoms with van der Waals surface area (Å²) in [5, 5.41) is 2.92. The summed E-state index contributed by atoms with van der Waals surface area (Å²) in [7, 11) is 5.55. The van der Waals surface area contributed by atoms with Crippen LogP contribution in [0.4, 0.5) is 0 Å². The van der Waals surface area contributed by atoms with Crippen molar-refractivity contribution in [2.45, 2.75) is 0 Å². The number of amides is 1. The number of nitrogens with one attached hydrogen (secondary N) is 1. The molecular weight excluding hydrogens is 340 g/mol. The molecule has 0 bridgehead atoms. The molecule has 0 aliphatic heterocycles. The Bertz CT molecular complexity index is 899. The fourth-order valence-electron chi connectivity index (χ4n) is 2.48. The molecule has 1 heterocycles. The molecule has 0 spiro atoms. The molecule has 132 valence electrons. The summed E-state index contributed by atoms with van der Waals surface area (Å²) in [5.41, 5.74) is 3.31. The average Bonchev–Trinajstić information content (AvgIpc) is 2.58. The molecule has 0 fully saturated rings. The van der Waals surface area contributed by atoms with Crippen LogP contribution in [0, 0.1) is 0 Å². The van der Waals surface area contributed by atoms with Gasteiger partial charge in [-0.3, -0.25) is 4.79 Å². The molecule has 2 aromatic carbocycles. The maximum Gasteiger partial charge on any atom is 0.253 e. The van der Waals surface area contributed by atoms with E-state index in [9.17, 15) is 4.79 Å². The molecule has 3 rings (SSSR count). The van der Waals surface area contributed by atoms with E-state index in [2.05, 4.69) is 15.3 Å². The van der Waals surface area contributed by atoms with Gasteiger partial charge in [-0.2, -0.15) is 0 Å². The summed E-state index contributed by atoms with van der Waals surface area (Å²) in [4.78, 5) is 23.7. The van der Waals surface area contributed by atoms with Gasteiger partial charge in [0.25, 0.3) is 5.91 Å². The van der Waals surface area contributed by atoms with Crippen molar-refractivity contribution in [3.05, 3.63) is 42.0 Å². The van der Waals surface area contributed by atoms with E-state index >= 15 is 0 Å². The van der Waals surface area contributed by atoms with E-state index in [1.807, 2.05) is 49.3 Å². The number of carbonyl (C=O) groups excluding carboxylic acids is 1. The van der Waals surface area contributed by atoms with Gasteiger partial charge in [-0.05, 0) is 38.4 Å². The van der Waals surface area contributed by atoms with Gasteiger partial charge in [0.1, 0.15) is 11.3 Å². The Hall–Kier alpha value is -2.44. The highest BCUT2D eigenvalue weighted by molar-refractivity contribution is 6.06. The van der Waals surface area contributed by atoms with E-state index in [1.165, 1.54) is 0 Å². The van der Waals surface area contributed by atoms with E-state index in [4.69, 9.17) is 4.74 Å². The zero-order chi connectivity index (χ0) is 17.1. The summed E-state index contributed by atoms with van der Waals surface area (Å²) in [6, 6.07) is 11.0. The van der Waals surface area contributed by atoms with Gasteiger partial charge in [0.05, 0.1) is 29.2 Å². The van der Waals surface area contributed by atoms with Crippen LogP contribution in [0.25, 0.3) is 22.1 Å². The van der Waals surface area contributed by atoms with E-state index in [0.29, 0.717) is 34.4 Å². The molecule has 1 aromatic heterocycles. The van der Waals surface area contributed by atoms with Crippen LogP contribution < -0.4 is 10.1 Å². The number of nitrogens with zero attached hydrogens (tertiary/aromatic N) is 3. The molecular formula is C18H21ClN4O2. The number of fused-ring (bicyclic) bond motifs is 2. The Morgan fingerprint density at radius 2 is 1.92 bits per heavy atom. The standard InChI is InChI=1S/C18H20N4O2.ClH/c1-22(2)10-9-19-18(23)13-5-4-6-15-17(13)21-16-11-12(24-3)7-8-14(16)20-15;/h4-8,11H,9-10H2,1-3H3,(H,19,23);1H. The highest BCUT2D eigenvalue weighted by Crippen LogP contribution is 2.22. The predicted octanol–water partition coefficient (Wildman–Crippen LogP) is 2.50. The van der Waals surface area contributed by atoms with Gasteiger partial charge in [0.2, 0.25) is 0 Å². The molecule has 0 unspecified atom stereocenters. The summed E-state index contributed by atoms with van der Waals surface area (Å²) >= 11 is 0. The molecule has 1 amide bonds. The van der Waals surface area contributed by atoms with Crippen LogP contribution >= 0.6 is 12.4 Å². The van der Waals surface area contributed by atoms with Crippen LogP contribution in [0.15, 0.2) is 36.4 Å². The lowest BCUT2D eigenvalue weighted by atomic mass is 10.1. The minimum Gasteiger partial charge on any atom is -0.497 e. The predicted molar refractivity (Wildman–Crippen MR) is 102 cm³/mol. The second-order valence-corrected chi connectivity index (χ2v) is 5.81. The highest BCUT2D eigenvalue weighted by Gasteiger charge is 2.13. The minimum absolute atomic E-state index is 0. The van der Waals surface area contributed by atoms with Crippen molar-refractivity contribution in [1.29, 1.82) is 0 Å². The third-order valence-corrected chi connectivity index (χ3v) is 3.76. The fourth-order valence-corrected chi connectivity index (χ4v) is 2.48. The van der Waals surface area contributed by atoms with Crippen molar-refractivity contribution >= 4 is 40.4 Å². The Kier molecular flexibility index (Phi) is 6.12. The van der Waals surface area contributed by atoms with E-state index in [1.54, 1.807) is 13.2 Å². The number of rotatable bonds is 5. The molecule has 1 N–H and O–H groups in total. The lowest BCUT2D eigenvalue weighted by Crippen LogP contribution is -2.31. The number of para-hydroxylation sites is 1. The third-order valence-electron chi connectivity index (χ3n) is 3.76. The topological polar surface area (TPSA) is 67.3 Å². The molecule has 0 radical (unpaired) electrons. The van der Waals surface area contributed by atoms with Crippen LogP contribution in [0.2, 0.25) is 0 Å². The summed E-state index contributed by atoms with van der Waals surface area (Å²) < 4.78 is 5.24. The zero-order valence-corrected chi connectivity index (χ0v) is 15.3. The molecule has 0 saturated carbocycles. The van der Waals surface area contributed by atoms with E-state index in [0.717, 1.165) is 12.1 Å². The monoisotopic (exact) mass is 360 g/mol. The second-order valence-electron chi connectivity index (χ2n) is 5.81. The number of carbonyl (C=O) groups is 1. The summed E-state index contributed by atoms with van der Waals surface area (Å²) in [6.45, 7) is 1.36. The van der Waals surface area contributed by atoms with Crippen molar-refractivity contribution in [2.75, 3.05) is 34.3 Å². The molecule has 0 saturated heterocycles. The Morgan fingerprint density at radius 3 is 2.64 bits per heavy atom. The Balaban J connectivity index is 0.00000225. The van der Waals surface area contributed by atoms with Gasteiger partial charge in [-0.15, -0.1) is 12.4 Å². The van der Waals surface area contributed by atoms with Gasteiger partial charge in [0, 0.05) is 19.2 Å². The Morgan fingerprint density at radius 1 is 1.12 bits per heavy atom. The summed E-state index contributed by atoms with van der Waals surface area (Å²) in [5.74, 6) is 0.572. The number of hydrogen-bond donors (Lipinski definition) is 1. The number of benzene rings is 2. The van der Waals surface area contributed by atoms with E-state index in [-0.39, 0.29) is 18.3 Å². The van der Waals surface area contributed by atoms with Crippen LogP contribution in [-0.2, 0) is 0 Å². The third kappa shape index (κ3) is 4.15. The molecule has 0 atom stereocenters. The first-order valence-electron chi connectivity index (χ1n) is 7.76. The Labute approximate surface area is 152 Å². The first kappa shape index (κ1) is 18.9. The lowest BCUT2D eigenvalue weighted by molar-refractivity contribution is 0.0952. The van der Waals surface area contributed by atoms with Crippen molar-refractivity contribution in [2.24, 2.45) is 0 Å². The fraction of sp³-hybridized carbons (Fsp3) is 0.278. The number of halogens is 1. The average molecular weight is 361 g/mol. The van der Waals surface area contributed by atoms with Crippen molar-refractivity contribution in [3.8, 4) is 5.75 Å². The molecule has 3 aromatic rings. The SMILES string of the molecule is COc1ccc2nc3cccc(C(=O)NCCN(C)C)c3nc2c1.Cl. The van der Waals surface area contributed by atoms with Gasteiger partial charge in [-0.1, -0.05) is 6.07 Å². The maximum absolute atomic E-state index is 12.5. The molecule has 0 aliphatic rings. The van der Waals surface area contributed by atoms with Crippen molar-refractivity contribution in [1.82, 2.24) is 20.2 Å². The van der Waals surface area contributed by atoms with Gasteiger partial charge in [0.15, 0.2) is 0 Å². The van der Waals surface area contributed by atoms with Gasteiger partial charge in [-0.25, -0.2) is 9.97 Å². The number of hydrogen-bond acceptors (Lipinski definition) is 5. The quantitative estimate of drug-likeness (QED) is 0.708. The number of likely N-dealkylation sites (N-methyl/N-ethyl adjacent to an activating group) is 1. The first-order valence-corrected chi connectivity index (χ1v) is 7.76. The van der Waals surface area contributed by atoms with Gasteiger partial charge >= 0.3 is 0 Å². The number of aromatic nitrogens is 2. The maximum atomic E-state index is 12.5.